The Morgan fingerprint density at radius 3 is 2.67 bits per heavy atom. The predicted octanol–water partition coefficient (Wildman–Crippen LogP) is 0.599. The van der Waals surface area contributed by atoms with Crippen LogP contribution in [0.2, 0.25) is 0 Å². The summed E-state index contributed by atoms with van der Waals surface area (Å²) < 4.78 is 27.9. The van der Waals surface area contributed by atoms with Gasteiger partial charge in [-0.05, 0) is 31.6 Å². The fraction of sp³-hybridized carbons (Fsp3) is 0.375. The average molecular weight is 352 g/mol. The topological polar surface area (TPSA) is 102 Å². The first kappa shape index (κ1) is 18.0. The van der Waals surface area contributed by atoms with Gasteiger partial charge in [-0.25, -0.2) is 8.42 Å². The number of carbonyl (C=O) groups excluding carboxylic acids is 2. The number of amides is 2. The first-order chi connectivity index (χ1) is 11.3. The molecule has 0 radical (unpaired) electrons. The third kappa shape index (κ3) is 4.82. The van der Waals surface area contributed by atoms with Gasteiger partial charge in [0.15, 0.2) is 9.84 Å². The zero-order valence-corrected chi connectivity index (χ0v) is 14.4. The maximum absolute atomic E-state index is 11.8. The lowest BCUT2D eigenvalue weighted by molar-refractivity contribution is -0.129. The molecule has 0 saturated carbocycles. The summed E-state index contributed by atoms with van der Waals surface area (Å²) in [4.78, 5) is 23.6. The molecule has 1 heterocycles. The third-order valence-corrected chi connectivity index (χ3v) is 5.48. The second-order valence-electron chi connectivity index (χ2n) is 5.66. The van der Waals surface area contributed by atoms with Crippen LogP contribution >= 0.6 is 0 Å². The molecule has 24 heavy (non-hydrogen) atoms. The number of hydrazine groups is 1. The Morgan fingerprint density at radius 2 is 2.04 bits per heavy atom. The van der Waals surface area contributed by atoms with Crippen molar-refractivity contribution >= 4 is 27.7 Å². The highest BCUT2D eigenvalue weighted by Crippen LogP contribution is 2.21. The van der Waals surface area contributed by atoms with Crippen molar-refractivity contribution in [3.05, 3.63) is 35.4 Å². The molecular weight excluding hydrogens is 332 g/mol. The molecule has 130 valence electrons. The first-order valence-corrected chi connectivity index (χ1v) is 9.26. The SMILES string of the molecule is COc1ccc(C)cc1/C=C/C(=O)NNC(=O)[C@H]1CCS(=O)(=O)C1. The number of rotatable bonds is 4. The Hall–Kier alpha value is -2.35. The summed E-state index contributed by atoms with van der Waals surface area (Å²) in [6.07, 6.45) is 3.12. The Kier molecular flexibility index (Phi) is 5.61. The van der Waals surface area contributed by atoms with Gasteiger partial charge in [-0.15, -0.1) is 0 Å². The van der Waals surface area contributed by atoms with Crippen LogP contribution in [0, 0.1) is 12.8 Å². The Labute approximate surface area is 141 Å². The summed E-state index contributed by atoms with van der Waals surface area (Å²) in [6, 6.07) is 5.56. The normalized spacial score (nSPS) is 19.2. The van der Waals surface area contributed by atoms with Crippen molar-refractivity contribution in [2.24, 2.45) is 5.92 Å². The highest BCUT2D eigenvalue weighted by molar-refractivity contribution is 7.91. The number of sulfone groups is 1. The van der Waals surface area contributed by atoms with Crippen LogP contribution < -0.4 is 15.6 Å². The molecule has 1 saturated heterocycles. The number of carbonyl (C=O) groups is 2. The van der Waals surface area contributed by atoms with Gasteiger partial charge >= 0.3 is 0 Å². The van der Waals surface area contributed by atoms with E-state index in [4.69, 9.17) is 4.74 Å². The van der Waals surface area contributed by atoms with Crippen molar-refractivity contribution in [1.29, 1.82) is 0 Å². The van der Waals surface area contributed by atoms with Crippen molar-refractivity contribution < 1.29 is 22.7 Å². The maximum Gasteiger partial charge on any atom is 0.262 e. The van der Waals surface area contributed by atoms with Crippen LogP contribution in [0.5, 0.6) is 5.75 Å². The molecule has 0 aliphatic carbocycles. The monoisotopic (exact) mass is 352 g/mol. The fourth-order valence-corrected chi connectivity index (χ4v) is 4.16. The Balaban J connectivity index is 1.89. The molecule has 1 aromatic carbocycles. The molecule has 0 unspecified atom stereocenters. The van der Waals surface area contributed by atoms with E-state index in [2.05, 4.69) is 10.9 Å². The van der Waals surface area contributed by atoms with Crippen LogP contribution in [0.3, 0.4) is 0 Å². The molecule has 7 nitrogen and oxygen atoms in total. The van der Waals surface area contributed by atoms with Crippen LogP contribution in [0.25, 0.3) is 6.08 Å². The van der Waals surface area contributed by atoms with Gasteiger partial charge in [0.05, 0.1) is 24.5 Å². The molecule has 1 aliphatic heterocycles. The van der Waals surface area contributed by atoms with E-state index in [1.165, 1.54) is 13.2 Å². The van der Waals surface area contributed by atoms with Gasteiger partial charge in [-0.3, -0.25) is 20.4 Å². The van der Waals surface area contributed by atoms with Crippen molar-refractivity contribution in [3.8, 4) is 5.75 Å². The molecule has 0 bridgehead atoms. The fourth-order valence-electron chi connectivity index (χ4n) is 2.42. The van der Waals surface area contributed by atoms with Crippen LogP contribution in [0.1, 0.15) is 17.5 Å². The van der Waals surface area contributed by atoms with Gasteiger partial charge < -0.3 is 4.74 Å². The summed E-state index contributed by atoms with van der Waals surface area (Å²) in [5, 5.41) is 0. The molecule has 8 heteroatoms. The zero-order valence-electron chi connectivity index (χ0n) is 13.5. The molecule has 0 spiro atoms. The summed E-state index contributed by atoms with van der Waals surface area (Å²) in [5.74, 6) is -1.17. The lowest BCUT2D eigenvalue weighted by atomic mass is 10.1. The minimum atomic E-state index is -3.14. The van der Waals surface area contributed by atoms with E-state index in [1.807, 2.05) is 19.1 Å². The predicted molar refractivity (Wildman–Crippen MR) is 89.8 cm³/mol. The maximum atomic E-state index is 11.8. The van der Waals surface area contributed by atoms with Crippen molar-refractivity contribution in [2.75, 3.05) is 18.6 Å². The highest BCUT2D eigenvalue weighted by Gasteiger charge is 2.32. The molecule has 1 fully saturated rings. The number of aryl methyl sites for hydroxylation is 1. The smallest absolute Gasteiger partial charge is 0.262 e. The molecule has 2 rings (SSSR count). The average Bonchev–Trinajstić information content (AvgIpc) is 2.91. The minimum Gasteiger partial charge on any atom is -0.496 e. The summed E-state index contributed by atoms with van der Waals surface area (Å²) in [6.45, 7) is 1.92. The third-order valence-electron chi connectivity index (χ3n) is 3.71. The molecule has 1 atom stereocenters. The molecule has 1 aliphatic rings. The number of ether oxygens (including phenoxy) is 1. The van der Waals surface area contributed by atoms with Crippen molar-refractivity contribution in [3.63, 3.8) is 0 Å². The lowest BCUT2D eigenvalue weighted by Crippen LogP contribution is -2.44. The van der Waals surface area contributed by atoms with Gasteiger partial charge in [0.2, 0.25) is 5.91 Å². The molecule has 2 amide bonds. The highest BCUT2D eigenvalue weighted by atomic mass is 32.2. The van der Waals surface area contributed by atoms with Gasteiger partial charge in [-0.1, -0.05) is 11.6 Å². The molecular formula is C16H20N2O5S. The van der Waals surface area contributed by atoms with Crippen molar-refractivity contribution in [2.45, 2.75) is 13.3 Å². The van der Waals surface area contributed by atoms with E-state index < -0.39 is 27.6 Å². The summed E-state index contributed by atoms with van der Waals surface area (Å²) in [7, 11) is -1.60. The summed E-state index contributed by atoms with van der Waals surface area (Å²) in [5.41, 5.74) is 6.26. The number of benzene rings is 1. The minimum absolute atomic E-state index is 0.00604. The van der Waals surface area contributed by atoms with Crippen molar-refractivity contribution in [1.82, 2.24) is 10.9 Å². The van der Waals surface area contributed by atoms with E-state index in [-0.39, 0.29) is 17.9 Å². The van der Waals surface area contributed by atoms with E-state index in [9.17, 15) is 18.0 Å². The van der Waals surface area contributed by atoms with Gasteiger partial charge in [0, 0.05) is 11.6 Å². The number of hydrogen-bond donors (Lipinski definition) is 2. The lowest BCUT2D eigenvalue weighted by Gasteiger charge is -2.09. The van der Waals surface area contributed by atoms with E-state index in [0.717, 1.165) is 11.1 Å². The summed E-state index contributed by atoms with van der Waals surface area (Å²) >= 11 is 0. The van der Waals surface area contributed by atoms with Gasteiger partial charge in [0.25, 0.3) is 5.91 Å². The van der Waals surface area contributed by atoms with Crippen LogP contribution in [0.4, 0.5) is 0 Å². The number of methoxy groups -OCH3 is 1. The van der Waals surface area contributed by atoms with E-state index >= 15 is 0 Å². The second-order valence-corrected chi connectivity index (χ2v) is 7.89. The zero-order chi connectivity index (χ0) is 17.7. The number of hydrogen-bond acceptors (Lipinski definition) is 5. The Morgan fingerprint density at radius 1 is 1.29 bits per heavy atom. The van der Waals surface area contributed by atoms with Gasteiger partial charge in [-0.2, -0.15) is 0 Å². The first-order valence-electron chi connectivity index (χ1n) is 7.44. The van der Waals surface area contributed by atoms with Crippen LogP contribution in [-0.2, 0) is 19.4 Å². The number of nitrogens with one attached hydrogen (secondary N) is 2. The van der Waals surface area contributed by atoms with E-state index in [1.54, 1.807) is 12.1 Å². The Bertz CT molecular complexity index is 771. The van der Waals surface area contributed by atoms with Crippen LogP contribution in [0.15, 0.2) is 24.3 Å². The van der Waals surface area contributed by atoms with Crippen LogP contribution in [-0.4, -0.2) is 38.8 Å². The van der Waals surface area contributed by atoms with E-state index in [0.29, 0.717) is 5.75 Å². The molecule has 1 aromatic rings. The molecule has 0 aromatic heterocycles. The quantitative estimate of drug-likeness (QED) is 0.610. The molecule has 2 N–H and O–H groups in total. The standard InChI is InChI=1S/C16H20N2O5S/c1-11-3-5-14(23-2)12(9-11)4-6-15(19)17-18-16(20)13-7-8-24(21,22)10-13/h3-6,9,13H,7-8,10H2,1-2H3,(H,17,19)(H,18,20)/b6-4+/t13-/m0/s1. The second kappa shape index (κ2) is 7.48. The van der Waals surface area contributed by atoms with Gasteiger partial charge in [0.1, 0.15) is 5.75 Å². The largest absolute Gasteiger partial charge is 0.496 e.